The SMILES string of the molecule is O=C(NCCc1cccs1)N[C@@H]1CCC[C@H]1N1CCC(Cc2ccc(Cl)cc2)CC1. The highest BCUT2D eigenvalue weighted by Gasteiger charge is 2.34. The summed E-state index contributed by atoms with van der Waals surface area (Å²) in [6.45, 7) is 2.97. The summed E-state index contributed by atoms with van der Waals surface area (Å²) < 4.78 is 0. The Kier molecular flexibility index (Phi) is 7.69. The van der Waals surface area contributed by atoms with E-state index >= 15 is 0 Å². The van der Waals surface area contributed by atoms with Gasteiger partial charge in [0.25, 0.3) is 0 Å². The molecule has 162 valence electrons. The van der Waals surface area contributed by atoms with Gasteiger partial charge in [-0.25, -0.2) is 4.79 Å². The van der Waals surface area contributed by atoms with E-state index in [1.807, 2.05) is 12.1 Å². The van der Waals surface area contributed by atoms with Gasteiger partial charge in [0.15, 0.2) is 0 Å². The number of urea groups is 1. The third-order valence-corrected chi connectivity index (χ3v) is 7.78. The molecule has 30 heavy (non-hydrogen) atoms. The Morgan fingerprint density at radius 1 is 1.10 bits per heavy atom. The van der Waals surface area contributed by atoms with Crippen molar-refractivity contribution in [3.63, 3.8) is 0 Å². The standard InChI is InChI=1S/C24H32ClN3OS/c25-20-8-6-18(7-9-20)17-19-11-14-28(15-12-19)23-5-1-4-22(23)27-24(29)26-13-10-21-3-2-16-30-21/h2-3,6-9,16,19,22-23H,1,4-5,10-15,17H2,(H2,26,27,29)/t22-,23-/m1/s1. The molecule has 2 N–H and O–H groups in total. The first-order chi connectivity index (χ1) is 14.7. The van der Waals surface area contributed by atoms with Crippen molar-refractivity contribution in [3.8, 4) is 0 Å². The molecule has 1 aromatic heterocycles. The number of piperidine rings is 1. The van der Waals surface area contributed by atoms with Gasteiger partial charge in [0.05, 0.1) is 0 Å². The Balaban J connectivity index is 1.20. The zero-order valence-electron chi connectivity index (χ0n) is 17.5. The second kappa shape index (κ2) is 10.7. The Morgan fingerprint density at radius 3 is 2.63 bits per heavy atom. The van der Waals surface area contributed by atoms with Crippen LogP contribution in [0.15, 0.2) is 41.8 Å². The van der Waals surface area contributed by atoms with Crippen LogP contribution in [0.1, 0.15) is 42.5 Å². The monoisotopic (exact) mass is 445 g/mol. The van der Waals surface area contributed by atoms with E-state index in [0.29, 0.717) is 12.6 Å². The predicted molar refractivity (Wildman–Crippen MR) is 125 cm³/mol. The van der Waals surface area contributed by atoms with Crippen molar-refractivity contribution in [2.24, 2.45) is 5.92 Å². The molecule has 0 unspecified atom stereocenters. The largest absolute Gasteiger partial charge is 0.338 e. The average Bonchev–Trinajstić information content (AvgIpc) is 3.43. The zero-order valence-corrected chi connectivity index (χ0v) is 19.1. The normalized spacial score (nSPS) is 22.8. The van der Waals surface area contributed by atoms with Crippen molar-refractivity contribution in [2.75, 3.05) is 19.6 Å². The van der Waals surface area contributed by atoms with E-state index in [-0.39, 0.29) is 12.1 Å². The van der Waals surface area contributed by atoms with Gasteiger partial charge in [-0.15, -0.1) is 11.3 Å². The number of amides is 2. The lowest BCUT2D eigenvalue weighted by atomic mass is 9.89. The van der Waals surface area contributed by atoms with Crippen LogP contribution in [0, 0.1) is 5.92 Å². The van der Waals surface area contributed by atoms with Gasteiger partial charge in [-0.2, -0.15) is 0 Å². The molecule has 2 aliphatic rings. The Hall–Kier alpha value is -1.56. The lowest BCUT2D eigenvalue weighted by molar-refractivity contribution is 0.119. The van der Waals surface area contributed by atoms with Gasteiger partial charge < -0.3 is 10.6 Å². The summed E-state index contributed by atoms with van der Waals surface area (Å²) >= 11 is 7.75. The smallest absolute Gasteiger partial charge is 0.315 e. The van der Waals surface area contributed by atoms with Crippen molar-refractivity contribution in [1.82, 2.24) is 15.5 Å². The molecular formula is C24H32ClN3OS. The molecule has 4 rings (SSSR count). The molecule has 2 atom stereocenters. The van der Waals surface area contributed by atoms with E-state index in [1.54, 1.807) is 11.3 Å². The molecule has 2 aromatic rings. The van der Waals surface area contributed by atoms with Crippen LogP contribution in [-0.2, 0) is 12.8 Å². The van der Waals surface area contributed by atoms with E-state index in [4.69, 9.17) is 11.6 Å². The number of nitrogens with one attached hydrogen (secondary N) is 2. The quantitative estimate of drug-likeness (QED) is 0.621. The third kappa shape index (κ3) is 5.99. The van der Waals surface area contributed by atoms with Crippen molar-refractivity contribution >= 4 is 29.0 Å². The molecule has 0 spiro atoms. The molecule has 4 nitrogen and oxygen atoms in total. The van der Waals surface area contributed by atoms with Gasteiger partial charge >= 0.3 is 6.03 Å². The summed E-state index contributed by atoms with van der Waals surface area (Å²) in [6.07, 6.45) is 8.01. The van der Waals surface area contributed by atoms with Crippen LogP contribution in [0.25, 0.3) is 0 Å². The first kappa shape index (κ1) is 21.7. The van der Waals surface area contributed by atoms with Gasteiger partial charge in [-0.3, -0.25) is 4.90 Å². The number of carbonyl (C=O) groups is 1. The number of nitrogens with zero attached hydrogens (tertiary/aromatic N) is 1. The Labute approximate surface area is 189 Å². The molecule has 0 bridgehead atoms. The van der Waals surface area contributed by atoms with E-state index in [2.05, 4.69) is 45.2 Å². The van der Waals surface area contributed by atoms with Gasteiger partial charge in [0.1, 0.15) is 0 Å². The number of hydrogen-bond donors (Lipinski definition) is 2. The highest BCUT2D eigenvalue weighted by atomic mass is 35.5. The van der Waals surface area contributed by atoms with Crippen LogP contribution in [0.3, 0.4) is 0 Å². The molecule has 2 fully saturated rings. The van der Waals surface area contributed by atoms with Crippen molar-refractivity contribution in [3.05, 3.63) is 57.2 Å². The summed E-state index contributed by atoms with van der Waals surface area (Å²) in [5.74, 6) is 0.746. The number of thiophene rings is 1. The van der Waals surface area contributed by atoms with Gasteiger partial charge in [-0.1, -0.05) is 29.8 Å². The molecule has 1 saturated carbocycles. The maximum Gasteiger partial charge on any atom is 0.315 e. The van der Waals surface area contributed by atoms with E-state index < -0.39 is 0 Å². The fraction of sp³-hybridized carbons (Fsp3) is 0.542. The molecule has 2 amide bonds. The summed E-state index contributed by atoms with van der Waals surface area (Å²) in [7, 11) is 0. The van der Waals surface area contributed by atoms with Gasteiger partial charge in [0.2, 0.25) is 0 Å². The zero-order chi connectivity index (χ0) is 20.8. The van der Waals surface area contributed by atoms with Crippen LogP contribution >= 0.6 is 22.9 Å². The van der Waals surface area contributed by atoms with Crippen LogP contribution in [-0.4, -0.2) is 42.6 Å². The number of rotatable bonds is 7. The highest BCUT2D eigenvalue weighted by molar-refractivity contribution is 7.09. The summed E-state index contributed by atoms with van der Waals surface area (Å²) in [4.78, 5) is 16.3. The molecule has 6 heteroatoms. The topological polar surface area (TPSA) is 44.4 Å². The van der Waals surface area contributed by atoms with Crippen LogP contribution in [0.5, 0.6) is 0 Å². The summed E-state index contributed by atoms with van der Waals surface area (Å²) in [5, 5.41) is 9.19. The van der Waals surface area contributed by atoms with Crippen molar-refractivity contribution in [2.45, 2.75) is 57.0 Å². The lowest BCUT2D eigenvalue weighted by Crippen LogP contribution is -2.53. The number of hydrogen-bond acceptors (Lipinski definition) is 3. The minimum atomic E-state index is -0.0129. The number of benzene rings is 1. The maximum absolute atomic E-state index is 12.4. The minimum Gasteiger partial charge on any atom is -0.338 e. The molecule has 1 aromatic carbocycles. The first-order valence-electron chi connectivity index (χ1n) is 11.2. The average molecular weight is 446 g/mol. The first-order valence-corrected chi connectivity index (χ1v) is 12.5. The fourth-order valence-electron chi connectivity index (χ4n) is 4.96. The molecule has 0 radical (unpaired) electrons. The Morgan fingerprint density at radius 2 is 1.90 bits per heavy atom. The van der Waals surface area contributed by atoms with Gasteiger partial charge in [0, 0.05) is 28.5 Å². The maximum atomic E-state index is 12.4. The van der Waals surface area contributed by atoms with Crippen LogP contribution in [0.4, 0.5) is 4.79 Å². The lowest BCUT2D eigenvalue weighted by Gasteiger charge is -2.38. The highest BCUT2D eigenvalue weighted by Crippen LogP contribution is 2.30. The number of likely N-dealkylation sites (tertiary alicyclic amines) is 1. The van der Waals surface area contributed by atoms with Crippen molar-refractivity contribution < 1.29 is 4.79 Å². The van der Waals surface area contributed by atoms with E-state index in [9.17, 15) is 4.79 Å². The summed E-state index contributed by atoms with van der Waals surface area (Å²) in [5.41, 5.74) is 1.39. The molecule has 2 heterocycles. The molecule has 1 saturated heterocycles. The minimum absolute atomic E-state index is 0.0129. The molecule has 1 aliphatic carbocycles. The van der Waals surface area contributed by atoms with Crippen LogP contribution < -0.4 is 10.6 Å². The van der Waals surface area contributed by atoms with Gasteiger partial charge in [-0.05, 0) is 93.1 Å². The number of carbonyl (C=O) groups excluding carboxylic acids is 1. The molecule has 1 aliphatic heterocycles. The predicted octanol–water partition coefficient (Wildman–Crippen LogP) is 5.12. The van der Waals surface area contributed by atoms with E-state index in [1.165, 1.54) is 36.1 Å². The third-order valence-electron chi connectivity index (χ3n) is 6.59. The second-order valence-electron chi connectivity index (χ2n) is 8.64. The summed E-state index contributed by atoms with van der Waals surface area (Å²) in [6, 6.07) is 13.2. The Bertz CT molecular complexity index is 787. The second-order valence-corrected chi connectivity index (χ2v) is 10.1. The fourth-order valence-corrected chi connectivity index (χ4v) is 5.80. The van der Waals surface area contributed by atoms with Crippen molar-refractivity contribution in [1.29, 1.82) is 0 Å². The number of halogens is 1. The van der Waals surface area contributed by atoms with Crippen LogP contribution in [0.2, 0.25) is 5.02 Å². The van der Waals surface area contributed by atoms with E-state index in [0.717, 1.165) is 43.3 Å². The molecular weight excluding hydrogens is 414 g/mol.